The molecule has 0 unspecified atom stereocenters. The lowest BCUT2D eigenvalue weighted by molar-refractivity contribution is 0.342. The van der Waals surface area contributed by atoms with Gasteiger partial charge in [0.25, 0.3) is 0 Å². The van der Waals surface area contributed by atoms with Crippen LogP contribution in [0.3, 0.4) is 0 Å². The Morgan fingerprint density at radius 1 is 1.70 bits per heavy atom. The standard InChI is InChI=1S/C8H10NO/c1-2-10-8-6-4-3-5-7(8)9/h4-6H,2,9H2,1H3. The van der Waals surface area contributed by atoms with Gasteiger partial charge in [0.15, 0.2) is 0 Å². The highest BCUT2D eigenvalue weighted by Crippen LogP contribution is 2.18. The van der Waals surface area contributed by atoms with Crippen molar-refractivity contribution in [2.45, 2.75) is 6.92 Å². The van der Waals surface area contributed by atoms with Gasteiger partial charge in [-0.2, -0.15) is 0 Å². The molecule has 10 heavy (non-hydrogen) atoms. The molecule has 0 aliphatic rings. The van der Waals surface area contributed by atoms with Crippen LogP contribution in [-0.4, -0.2) is 6.61 Å². The first kappa shape index (κ1) is 6.93. The summed E-state index contributed by atoms with van der Waals surface area (Å²) >= 11 is 0. The van der Waals surface area contributed by atoms with Crippen LogP contribution in [0.1, 0.15) is 6.92 Å². The summed E-state index contributed by atoms with van der Waals surface area (Å²) in [6.45, 7) is 2.57. The Balaban J connectivity index is 2.81. The molecule has 1 radical (unpaired) electrons. The van der Waals surface area contributed by atoms with Gasteiger partial charge in [-0.25, -0.2) is 0 Å². The number of anilines is 1. The van der Waals surface area contributed by atoms with E-state index in [0.29, 0.717) is 12.3 Å². The van der Waals surface area contributed by atoms with Gasteiger partial charge in [-0.3, -0.25) is 0 Å². The summed E-state index contributed by atoms with van der Waals surface area (Å²) < 4.78 is 5.19. The van der Waals surface area contributed by atoms with Crippen molar-refractivity contribution in [1.29, 1.82) is 0 Å². The minimum atomic E-state index is 0.643. The second kappa shape index (κ2) is 3.11. The summed E-state index contributed by atoms with van der Waals surface area (Å²) in [7, 11) is 0. The zero-order valence-corrected chi connectivity index (χ0v) is 5.92. The first-order valence-electron chi connectivity index (χ1n) is 3.23. The maximum Gasteiger partial charge on any atom is 0.142 e. The molecule has 0 aromatic heterocycles. The van der Waals surface area contributed by atoms with Crippen LogP contribution in [0.2, 0.25) is 0 Å². The van der Waals surface area contributed by atoms with Crippen molar-refractivity contribution in [3.63, 3.8) is 0 Å². The lowest BCUT2D eigenvalue weighted by Gasteiger charge is -2.03. The number of rotatable bonds is 2. The van der Waals surface area contributed by atoms with E-state index in [9.17, 15) is 0 Å². The van der Waals surface area contributed by atoms with Crippen molar-refractivity contribution in [2.75, 3.05) is 12.3 Å². The maximum absolute atomic E-state index is 5.55. The zero-order chi connectivity index (χ0) is 7.40. The van der Waals surface area contributed by atoms with Crippen molar-refractivity contribution < 1.29 is 4.74 Å². The Hall–Kier alpha value is -1.18. The predicted molar refractivity (Wildman–Crippen MR) is 40.9 cm³/mol. The fraction of sp³-hybridized carbons (Fsp3) is 0.250. The van der Waals surface area contributed by atoms with Crippen LogP contribution >= 0.6 is 0 Å². The van der Waals surface area contributed by atoms with Crippen LogP contribution in [0.25, 0.3) is 0 Å². The van der Waals surface area contributed by atoms with Crippen molar-refractivity contribution in [3.8, 4) is 5.75 Å². The van der Waals surface area contributed by atoms with E-state index in [0.717, 1.165) is 5.75 Å². The monoisotopic (exact) mass is 136 g/mol. The average molecular weight is 136 g/mol. The maximum atomic E-state index is 5.55. The highest BCUT2D eigenvalue weighted by Gasteiger charge is 1.94. The van der Waals surface area contributed by atoms with Crippen LogP contribution in [0.15, 0.2) is 18.2 Å². The van der Waals surface area contributed by atoms with Gasteiger partial charge < -0.3 is 10.5 Å². The number of hydrogen-bond donors (Lipinski definition) is 1. The molecule has 0 heterocycles. The fourth-order valence-corrected chi connectivity index (χ4v) is 0.716. The van der Waals surface area contributed by atoms with E-state index in [2.05, 4.69) is 6.07 Å². The zero-order valence-electron chi connectivity index (χ0n) is 5.92. The number of nitrogens with two attached hydrogens (primary N) is 1. The molecule has 0 bridgehead atoms. The van der Waals surface area contributed by atoms with E-state index >= 15 is 0 Å². The van der Waals surface area contributed by atoms with Gasteiger partial charge in [0.1, 0.15) is 5.75 Å². The molecule has 0 amide bonds. The van der Waals surface area contributed by atoms with Gasteiger partial charge in [0.2, 0.25) is 0 Å². The van der Waals surface area contributed by atoms with Crippen LogP contribution in [-0.2, 0) is 0 Å². The molecule has 2 heteroatoms. The highest BCUT2D eigenvalue weighted by atomic mass is 16.5. The second-order valence-corrected chi connectivity index (χ2v) is 1.90. The van der Waals surface area contributed by atoms with Crippen LogP contribution in [0.5, 0.6) is 5.75 Å². The van der Waals surface area contributed by atoms with E-state index in [1.54, 1.807) is 18.2 Å². The Kier molecular flexibility index (Phi) is 2.15. The Bertz CT molecular complexity index is 210. The third-order valence-electron chi connectivity index (χ3n) is 1.15. The SMILES string of the molecule is CCOc1cc[c]cc1N. The van der Waals surface area contributed by atoms with Gasteiger partial charge in [0, 0.05) is 0 Å². The Morgan fingerprint density at radius 2 is 2.50 bits per heavy atom. The molecule has 0 aliphatic heterocycles. The topological polar surface area (TPSA) is 35.2 Å². The molecule has 0 saturated heterocycles. The van der Waals surface area contributed by atoms with Gasteiger partial charge in [-0.15, -0.1) is 0 Å². The molecule has 0 saturated carbocycles. The molecule has 2 N–H and O–H groups in total. The van der Waals surface area contributed by atoms with Crippen molar-refractivity contribution >= 4 is 5.69 Å². The molecule has 0 spiro atoms. The molecule has 1 aromatic rings. The third kappa shape index (κ3) is 1.41. The van der Waals surface area contributed by atoms with Crippen molar-refractivity contribution in [2.24, 2.45) is 0 Å². The predicted octanol–water partition coefficient (Wildman–Crippen LogP) is 1.47. The minimum absolute atomic E-state index is 0.643. The largest absolute Gasteiger partial charge is 0.492 e. The van der Waals surface area contributed by atoms with Crippen LogP contribution in [0, 0.1) is 6.07 Å². The lowest BCUT2D eigenvalue weighted by atomic mass is 10.3. The summed E-state index contributed by atoms with van der Waals surface area (Å²) in [5, 5.41) is 0. The minimum Gasteiger partial charge on any atom is -0.492 e. The fourth-order valence-electron chi connectivity index (χ4n) is 0.716. The summed E-state index contributed by atoms with van der Waals surface area (Å²) in [5.74, 6) is 0.737. The van der Waals surface area contributed by atoms with Gasteiger partial charge >= 0.3 is 0 Å². The molecular formula is C8H10NO. The van der Waals surface area contributed by atoms with Gasteiger partial charge in [0.05, 0.1) is 12.3 Å². The second-order valence-electron chi connectivity index (χ2n) is 1.90. The van der Waals surface area contributed by atoms with E-state index in [4.69, 9.17) is 10.5 Å². The molecular weight excluding hydrogens is 126 g/mol. The quantitative estimate of drug-likeness (QED) is 0.625. The average Bonchev–Trinajstić information content (AvgIpc) is 1.94. The van der Waals surface area contributed by atoms with E-state index in [1.807, 2.05) is 6.92 Å². The molecule has 1 rings (SSSR count). The highest BCUT2D eigenvalue weighted by molar-refractivity contribution is 5.51. The molecule has 0 atom stereocenters. The first-order valence-corrected chi connectivity index (χ1v) is 3.23. The van der Waals surface area contributed by atoms with Gasteiger partial charge in [-0.1, -0.05) is 6.07 Å². The number of hydrogen-bond acceptors (Lipinski definition) is 2. The molecule has 1 aromatic carbocycles. The van der Waals surface area contributed by atoms with E-state index in [-0.39, 0.29) is 0 Å². The molecule has 0 fully saturated rings. The van der Waals surface area contributed by atoms with Crippen molar-refractivity contribution in [3.05, 3.63) is 24.3 Å². The van der Waals surface area contributed by atoms with Crippen molar-refractivity contribution in [1.82, 2.24) is 0 Å². The molecule has 53 valence electrons. The van der Waals surface area contributed by atoms with Crippen LogP contribution in [0.4, 0.5) is 5.69 Å². The number of nitrogen functional groups attached to an aromatic ring is 1. The van der Waals surface area contributed by atoms with Gasteiger partial charge in [-0.05, 0) is 25.1 Å². The first-order chi connectivity index (χ1) is 4.84. The Labute approximate surface area is 60.6 Å². The summed E-state index contributed by atoms with van der Waals surface area (Å²) in [5.41, 5.74) is 6.19. The lowest BCUT2D eigenvalue weighted by Crippen LogP contribution is -1.95. The van der Waals surface area contributed by atoms with E-state index < -0.39 is 0 Å². The Morgan fingerprint density at radius 3 is 3.10 bits per heavy atom. The molecule has 2 nitrogen and oxygen atoms in total. The van der Waals surface area contributed by atoms with Crippen LogP contribution < -0.4 is 10.5 Å². The number of ether oxygens (including phenoxy) is 1. The summed E-state index contributed by atoms with van der Waals surface area (Å²) in [6.07, 6.45) is 0. The van der Waals surface area contributed by atoms with E-state index in [1.165, 1.54) is 0 Å². The third-order valence-corrected chi connectivity index (χ3v) is 1.15. The normalized spacial score (nSPS) is 9.30. The smallest absolute Gasteiger partial charge is 0.142 e. The summed E-state index contributed by atoms with van der Waals surface area (Å²) in [6, 6.07) is 8.14. The molecule has 0 aliphatic carbocycles. The summed E-state index contributed by atoms with van der Waals surface area (Å²) in [4.78, 5) is 0. The number of benzene rings is 1.